The van der Waals surface area contributed by atoms with E-state index in [1.807, 2.05) is 10.8 Å². The number of nitrogen functional groups attached to an aromatic ring is 1. The number of benzene rings is 1. The lowest BCUT2D eigenvalue weighted by molar-refractivity contribution is 0.620. The summed E-state index contributed by atoms with van der Waals surface area (Å²) in [6, 6.07) is 2.75. The van der Waals surface area contributed by atoms with Crippen LogP contribution in [0, 0.1) is 5.82 Å². The summed E-state index contributed by atoms with van der Waals surface area (Å²) in [4.78, 5) is 3.98. The van der Waals surface area contributed by atoms with Crippen molar-refractivity contribution in [1.82, 2.24) is 9.55 Å². The lowest BCUT2D eigenvalue weighted by atomic mass is 10.2. The molecule has 0 aliphatic rings. The third kappa shape index (κ3) is 3.86. The molecule has 102 valence electrons. The summed E-state index contributed by atoms with van der Waals surface area (Å²) in [5, 5.41) is 3.24. The third-order valence-electron chi connectivity index (χ3n) is 2.81. The van der Waals surface area contributed by atoms with Crippen LogP contribution in [0.5, 0.6) is 0 Å². The monoisotopic (exact) mass is 282 g/mol. The number of halogens is 2. The van der Waals surface area contributed by atoms with Gasteiger partial charge in [-0.2, -0.15) is 0 Å². The van der Waals surface area contributed by atoms with Crippen molar-refractivity contribution in [3.8, 4) is 0 Å². The average Bonchev–Trinajstić information content (AvgIpc) is 2.88. The van der Waals surface area contributed by atoms with Gasteiger partial charge in [0.1, 0.15) is 5.82 Å². The Kier molecular flexibility index (Phi) is 4.63. The Hall–Kier alpha value is -1.75. The predicted molar refractivity (Wildman–Crippen MR) is 75.8 cm³/mol. The number of rotatable bonds is 6. The van der Waals surface area contributed by atoms with Crippen molar-refractivity contribution in [3.05, 3.63) is 41.7 Å². The van der Waals surface area contributed by atoms with Gasteiger partial charge in [0, 0.05) is 31.5 Å². The van der Waals surface area contributed by atoms with Crippen LogP contribution in [0.25, 0.3) is 0 Å². The van der Waals surface area contributed by atoms with E-state index in [1.165, 1.54) is 12.1 Å². The van der Waals surface area contributed by atoms with Gasteiger partial charge in [0.15, 0.2) is 0 Å². The van der Waals surface area contributed by atoms with Crippen molar-refractivity contribution in [1.29, 1.82) is 0 Å². The van der Waals surface area contributed by atoms with Gasteiger partial charge in [0.05, 0.1) is 22.7 Å². The van der Waals surface area contributed by atoms with Crippen LogP contribution in [0.4, 0.5) is 15.8 Å². The summed E-state index contributed by atoms with van der Waals surface area (Å²) in [5.74, 6) is -0.496. The van der Waals surface area contributed by atoms with Crippen LogP contribution in [0.3, 0.4) is 0 Å². The second-order valence-electron chi connectivity index (χ2n) is 4.29. The second kappa shape index (κ2) is 6.43. The van der Waals surface area contributed by atoms with E-state index in [-0.39, 0.29) is 5.02 Å². The van der Waals surface area contributed by atoms with Gasteiger partial charge in [-0.05, 0) is 18.9 Å². The van der Waals surface area contributed by atoms with Crippen molar-refractivity contribution in [2.24, 2.45) is 0 Å². The first kappa shape index (κ1) is 13.7. The Labute approximate surface area is 116 Å². The lowest BCUT2D eigenvalue weighted by Gasteiger charge is -2.10. The van der Waals surface area contributed by atoms with Crippen LogP contribution in [0.2, 0.25) is 5.02 Å². The highest BCUT2D eigenvalue weighted by Crippen LogP contribution is 2.26. The summed E-state index contributed by atoms with van der Waals surface area (Å²) in [6.45, 7) is 1.70. The van der Waals surface area contributed by atoms with Crippen molar-refractivity contribution < 1.29 is 4.39 Å². The summed E-state index contributed by atoms with van der Waals surface area (Å²) in [6.07, 6.45) is 7.50. The molecule has 0 spiro atoms. The van der Waals surface area contributed by atoms with Crippen LogP contribution < -0.4 is 11.1 Å². The minimum atomic E-state index is -0.496. The van der Waals surface area contributed by atoms with Crippen molar-refractivity contribution in [2.45, 2.75) is 19.4 Å². The summed E-state index contributed by atoms with van der Waals surface area (Å²) in [7, 11) is 0. The van der Waals surface area contributed by atoms with Gasteiger partial charge in [-0.1, -0.05) is 11.6 Å². The quantitative estimate of drug-likeness (QED) is 0.632. The SMILES string of the molecule is Nc1cc(F)c(Cl)cc1NCCCCn1ccnc1. The van der Waals surface area contributed by atoms with Crippen LogP contribution in [-0.2, 0) is 6.54 Å². The van der Waals surface area contributed by atoms with Crippen molar-refractivity contribution >= 4 is 23.0 Å². The molecule has 0 fully saturated rings. The molecule has 0 radical (unpaired) electrons. The molecule has 0 atom stereocenters. The molecule has 0 aliphatic carbocycles. The number of aromatic nitrogens is 2. The Morgan fingerprint density at radius 3 is 2.95 bits per heavy atom. The van der Waals surface area contributed by atoms with Crippen LogP contribution in [-0.4, -0.2) is 16.1 Å². The number of aryl methyl sites for hydroxylation is 1. The summed E-state index contributed by atoms with van der Waals surface area (Å²) < 4.78 is 15.1. The van der Waals surface area contributed by atoms with Gasteiger partial charge in [0.25, 0.3) is 0 Å². The smallest absolute Gasteiger partial charge is 0.143 e. The fourth-order valence-electron chi connectivity index (χ4n) is 1.78. The number of imidazole rings is 1. The van der Waals surface area contributed by atoms with E-state index in [9.17, 15) is 4.39 Å². The molecule has 19 heavy (non-hydrogen) atoms. The highest BCUT2D eigenvalue weighted by atomic mass is 35.5. The normalized spacial score (nSPS) is 10.6. The summed E-state index contributed by atoms with van der Waals surface area (Å²) in [5.41, 5.74) is 6.76. The standard InChI is InChI=1S/C13H16ClFN4/c14-10-7-13(12(16)8-11(10)15)18-3-1-2-5-19-6-4-17-9-19/h4,6-9,18H,1-3,5,16H2. The molecule has 0 saturated carbocycles. The number of hydrogen-bond acceptors (Lipinski definition) is 3. The molecule has 6 heteroatoms. The van der Waals surface area contributed by atoms with Crippen molar-refractivity contribution in [3.63, 3.8) is 0 Å². The number of unbranched alkanes of at least 4 members (excludes halogenated alkanes) is 1. The number of nitrogens with two attached hydrogens (primary N) is 1. The highest BCUT2D eigenvalue weighted by molar-refractivity contribution is 6.31. The van der Waals surface area contributed by atoms with Crippen LogP contribution in [0.1, 0.15) is 12.8 Å². The molecule has 3 N–H and O–H groups in total. The Balaban J connectivity index is 1.75. The molecule has 1 heterocycles. The van der Waals surface area contributed by atoms with E-state index in [0.29, 0.717) is 11.4 Å². The maximum absolute atomic E-state index is 13.1. The Morgan fingerprint density at radius 1 is 1.37 bits per heavy atom. The first-order valence-corrected chi connectivity index (χ1v) is 6.49. The number of anilines is 2. The zero-order valence-electron chi connectivity index (χ0n) is 10.4. The second-order valence-corrected chi connectivity index (χ2v) is 4.70. The molecular formula is C13H16ClFN4. The molecule has 0 aliphatic heterocycles. The van der Waals surface area contributed by atoms with E-state index in [0.717, 1.165) is 25.9 Å². The average molecular weight is 283 g/mol. The minimum absolute atomic E-state index is 0.0788. The zero-order chi connectivity index (χ0) is 13.7. The highest BCUT2D eigenvalue weighted by Gasteiger charge is 2.05. The van der Waals surface area contributed by atoms with Gasteiger partial charge in [0.2, 0.25) is 0 Å². The number of nitrogens with one attached hydrogen (secondary N) is 1. The molecular weight excluding hydrogens is 267 g/mol. The van der Waals surface area contributed by atoms with Gasteiger partial charge in [-0.15, -0.1) is 0 Å². The fraction of sp³-hybridized carbons (Fsp3) is 0.308. The van der Waals surface area contributed by atoms with E-state index in [1.54, 1.807) is 12.5 Å². The van der Waals surface area contributed by atoms with E-state index >= 15 is 0 Å². The molecule has 0 saturated heterocycles. The topological polar surface area (TPSA) is 55.9 Å². The van der Waals surface area contributed by atoms with Crippen molar-refractivity contribution in [2.75, 3.05) is 17.6 Å². The third-order valence-corrected chi connectivity index (χ3v) is 3.10. The van der Waals surface area contributed by atoms with Gasteiger partial charge in [-0.3, -0.25) is 0 Å². The largest absolute Gasteiger partial charge is 0.397 e. The van der Waals surface area contributed by atoms with Gasteiger partial charge in [-0.25, -0.2) is 9.37 Å². The zero-order valence-corrected chi connectivity index (χ0v) is 11.2. The minimum Gasteiger partial charge on any atom is -0.397 e. The lowest BCUT2D eigenvalue weighted by Crippen LogP contribution is -2.06. The Morgan fingerprint density at radius 2 is 2.21 bits per heavy atom. The Bertz CT molecular complexity index is 528. The molecule has 2 aromatic rings. The molecule has 1 aromatic carbocycles. The molecule has 0 unspecified atom stereocenters. The first-order chi connectivity index (χ1) is 9.16. The van der Waals surface area contributed by atoms with Crippen LogP contribution in [0.15, 0.2) is 30.9 Å². The molecule has 0 amide bonds. The molecule has 2 rings (SSSR count). The summed E-state index contributed by atoms with van der Waals surface area (Å²) >= 11 is 5.71. The maximum atomic E-state index is 13.1. The van der Waals surface area contributed by atoms with E-state index in [4.69, 9.17) is 17.3 Å². The van der Waals surface area contributed by atoms with E-state index < -0.39 is 5.82 Å². The number of nitrogens with zero attached hydrogens (tertiary/aromatic N) is 2. The van der Waals surface area contributed by atoms with Gasteiger partial charge >= 0.3 is 0 Å². The fourth-order valence-corrected chi connectivity index (χ4v) is 1.94. The van der Waals surface area contributed by atoms with Gasteiger partial charge < -0.3 is 15.6 Å². The van der Waals surface area contributed by atoms with Crippen LogP contribution >= 0.6 is 11.6 Å². The predicted octanol–water partition coefficient (Wildman–Crippen LogP) is 3.15. The maximum Gasteiger partial charge on any atom is 0.143 e. The van der Waals surface area contributed by atoms with E-state index in [2.05, 4.69) is 10.3 Å². The molecule has 0 bridgehead atoms. The number of hydrogen-bond donors (Lipinski definition) is 2. The first-order valence-electron chi connectivity index (χ1n) is 6.11. The molecule has 4 nitrogen and oxygen atoms in total. The molecule has 1 aromatic heterocycles.